The molecule has 2 N–H and O–H groups in total. The van der Waals surface area contributed by atoms with Gasteiger partial charge in [0.25, 0.3) is 0 Å². The van der Waals surface area contributed by atoms with Gasteiger partial charge in [-0.3, -0.25) is 0 Å². The zero-order valence-corrected chi connectivity index (χ0v) is 10.5. The molecule has 2 aliphatic heterocycles. The average Bonchev–Trinajstić information content (AvgIpc) is 2.52. The van der Waals surface area contributed by atoms with Crippen LogP contribution in [0.15, 0.2) is 0 Å². The van der Waals surface area contributed by atoms with Crippen molar-refractivity contribution in [2.24, 2.45) is 10.8 Å². The van der Waals surface area contributed by atoms with Crippen LogP contribution < -0.4 is 10.6 Å². The molecule has 0 unspecified atom stereocenters. The summed E-state index contributed by atoms with van der Waals surface area (Å²) in [5.74, 6) is 0. The molecular weight excluding hydrogens is 309 g/mol. The molecule has 0 aromatic rings. The molecule has 110 valence electrons. The van der Waals surface area contributed by atoms with Gasteiger partial charge in [-0.1, -0.05) is 0 Å². The minimum Gasteiger partial charge on any atom is -0.315 e. The van der Waals surface area contributed by atoms with Crippen molar-refractivity contribution < 1.29 is 26.3 Å². The van der Waals surface area contributed by atoms with Gasteiger partial charge in [0, 0.05) is 26.2 Å². The molecule has 2 heterocycles. The fourth-order valence-corrected chi connectivity index (χ4v) is 2.72. The molecule has 0 bridgehead atoms. The van der Waals surface area contributed by atoms with Gasteiger partial charge in [0.1, 0.15) is 10.8 Å². The molecular formula is C8H12Cl2F6N2. The quantitative estimate of drug-likeness (QED) is 0.668. The van der Waals surface area contributed by atoms with Crippen LogP contribution in [0.3, 0.4) is 0 Å². The standard InChI is InChI=1S/C8H10F6N2.2ClH/c9-7(10,11)5-1-15-3-6(5,4-16-2-5)8(12,13)14;;/h15-16H,1-4H2;2*1H. The third-order valence-corrected chi connectivity index (χ3v) is 3.71. The van der Waals surface area contributed by atoms with E-state index in [-0.39, 0.29) is 24.8 Å². The fraction of sp³-hybridized carbons (Fsp3) is 1.00. The van der Waals surface area contributed by atoms with E-state index in [1.54, 1.807) is 0 Å². The van der Waals surface area contributed by atoms with Gasteiger partial charge in [0.2, 0.25) is 0 Å². The molecule has 18 heavy (non-hydrogen) atoms. The van der Waals surface area contributed by atoms with E-state index in [9.17, 15) is 26.3 Å². The lowest BCUT2D eigenvalue weighted by Gasteiger charge is -2.40. The summed E-state index contributed by atoms with van der Waals surface area (Å²) >= 11 is 0. The van der Waals surface area contributed by atoms with Crippen LogP contribution in [0.1, 0.15) is 0 Å². The fourth-order valence-electron chi connectivity index (χ4n) is 2.72. The number of nitrogens with one attached hydrogen (secondary N) is 2. The van der Waals surface area contributed by atoms with Gasteiger partial charge >= 0.3 is 12.4 Å². The Morgan fingerprint density at radius 1 is 0.611 bits per heavy atom. The summed E-state index contributed by atoms with van der Waals surface area (Å²) in [5.41, 5.74) is -5.45. The molecule has 0 aromatic heterocycles. The van der Waals surface area contributed by atoms with Gasteiger partial charge in [-0.2, -0.15) is 26.3 Å². The smallest absolute Gasteiger partial charge is 0.315 e. The van der Waals surface area contributed by atoms with E-state index >= 15 is 0 Å². The summed E-state index contributed by atoms with van der Waals surface area (Å²) in [6, 6.07) is 0. The van der Waals surface area contributed by atoms with Gasteiger partial charge in [-0.15, -0.1) is 24.8 Å². The number of rotatable bonds is 0. The molecule has 2 rings (SSSR count). The molecule has 2 aliphatic rings. The summed E-state index contributed by atoms with van der Waals surface area (Å²) in [6.07, 6.45) is -9.73. The lowest BCUT2D eigenvalue weighted by Crippen LogP contribution is -2.57. The van der Waals surface area contributed by atoms with Gasteiger partial charge < -0.3 is 10.6 Å². The molecule has 0 saturated carbocycles. The Hall–Kier alpha value is 0.0800. The Balaban J connectivity index is 0.00000144. The maximum Gasteiger partial charge on any atom is 0.397 e. The first-order valence-corrected chi connectivity index (χ1v) is 4.71. The second-order valence-corrected chi connectivity index (χ2v) is 4.37. The first-order valence-electron chi connectivity index (χ1n) is 4.71. The summed E-state index contributed by atoms with van der Waals surface area (Å²) in [7, 11) is 0. The Kier molecular flexibility index (Phi) is 4.90. The molecule has 2 saturated heterocycles. The molecule has 0 atom stereocenters. The van der Waals surface area contributed by atoms with Crippen molar-refractivity contribution in [1.82, 2.24) is 10.6 Å². The molecule has 2 nitrogen and oxygen atoms in total. The van der Waals surface area contributed by atoms with Crippen LogP contribution in [-0.2, 0) is 0 Å². The van der Waals surface area contributed by atoms with Gasteiger partial charge in [-0.25, -0.2) is 0 Å². The van der Waals surface area contributed by atoms with Crippen molar-refractivity contribution in [3.8, 4) is 0 Å². The van der Waals surface area contributed by atoms with E-state index in [0.717, 1.165) is 0 Å². The maximum absolute atomic E-state index is 12.9. The maximum atomic E-state index is 12.9. The molecule has 0 radical (unpaired) electrons. The minimum absolute atomic E-state index is 0. The van der Waals surface area contributed by atoms with Crippen LogP contribution in [0.4, 0.5) is 26.3 Å². The Labute approximate surface area is 112 Å². The summed E-state index contributed by atoms with van der Waals surface area (Å²) in [5, 5.41) is 4.48. The SMILES string of the molecule is Cl.Cl.FC(F)(F)C12CNCC1(C(F)(F)F)CNC2. The Bertz CT molecular complexity index is 265. The van der Waals surface area contributed by atoms with Crippen LogP contribution in [0, 0.1) is 10.8 Å². The first-order chi connectivity index (χ1) is 7.16. The lowest BCUT2D eigenvalue weighted by atomic mass is 9.67. The van der Waals surface area contributed by atoms with E-state index in [4.69, 9.17) is 0 Å². The highest BCUT2D eigenvalue weighted by molar-refractivity contribution is 5.85. The minimum atomic E-state index is -4.87. The average molecular weight is 321 g/mol. The topological polar surface area (TPSA) is 24.1 Å². The predicted octanol–water partition coefficient (Wildman–Crippen LogP) is 2.13. The predicted molar refractivity (Wildman–Crippen MR) is 57.2 cm³/mol. The van der Waals surface area contributed by atoms with Gasteiger partial charge in [0.15, 0.2) is 0 Å². The number of halogens is 8. The first kappa shape index (κ1) is 18.1. The van der Waals surface area contributed by atoms with Crippen molar-refractivity contribution >= 4 is 24.8 Å². The molecule has 0 aliphatic carbocycles. The monoisotopic (exact) mass is 320 g/mol. The summed E-state index contributed by atoms with van der Waals surface area (Å²) in [6.45, 7) is -2.71. The van der Waals surface area contributed by atoms with E-state index in [1.807, 2.05) is 0 Å². The zero-order valence-electron chi connectivity index (χ0n) is 8.91. The zero-order chi connectivity index (χ0) is 12.2. The number of hydrogen-bond donors (Lipinski definition) is 2. The van der Waals surface area contributed by atoms with Crippen molar-refractivity contribution in [1.29, 1.82) is 0 Å². The molecule has 2 fully saturated rings. The van der Waals surface area contributed by atoms with Crippen LogP contribution in [-0.4, -0.2) is 38.5 Å². The highest BCUT2D eigenvalue weighted by Crippen LogP contribution is 2.61. The van der Waals surface area contributed by atoms with Crippen LogP contribution >= 0.6 is 24.8 Å². The molecule has 10 heteroatoms. The number of hydrogen-bond acceptors (Lipinski definition) is 2. The van der Waals surface area contributed by atoms with Crippen LogP contribution in [0.25, 0.3) is 0 Å². The lowest BCUT2D eigenvalue weighted by molar-refractivity contribution is -0.306. The normalized spacial score (nSPS) is 35.7. The highest BCUT2D eigenvalue weighted by atomic mass is 35.5. The second kappa shape index (κ2) is 4.88. The van der Waals surface area contributed by atoms with Crippen LogP contribution in [0.2, 0.25) is 0 Å². The second-order valence-electron chi connectivity index (χ2n) is 4.37. The van der Waals surface area contributed by atoms with Crippen molar-refractivity contribution in [2.75, 3.05) is 26.2 Å². The van der Waals surface area contributed by atoms with Crippen molar-refractivity contribution in [3.05, 3.63) is 0 Å². The third kappa shape index (κ3) is 1.97. The largest absolute Gasteiger partial charge is 0.397 e. The van der Waals surface area contributed by atoms with Crippen molar-refractivity contribution in [2.45, 2.75) is 12.4 Å². The summed E-state index contributed by atoms with van der Waals surface area (Å²) in [4.78, 5) is 0. The van der Waals surface area contributed by atoms with Gasteiger partial charge in [0.05, 0.1) is 0 Å². The van der Waals surface area contributed by atoms with E-state index < -0.39 is 49.4 Å². The summed E-state index contributed by atoms with van der Waals surface area (Å²) < 4.78 is 77.4. The number of alkyl halides is 6. The number of fused-ring (bicyclic) bond motifs is 1. The van der Waals surface area contributed by atoms with E-state index in [1.165, 1.54) is 0 Å². The van der Waals surface area contributed by atoms with Gasteiger partial charge in [-0.05, 0) is 0 Å². The van der Waals surface area contributed by atoms with E-state index in [2.05, 4.69) is 10.6 Å². The Morgan fingerprint density at radius 2 is 0.833 bits per heavy atom. The highest BCUT2D eigenvalue weighted by Gasteiger charge is 2.79. The molecule has 0 spiro atoms. The van der Waals surface area contributed by atoms with Crippen LogP contribution in [0.5, 0.6) is 0 Å². The molecule has 0 aromatic carbocycles. The van der Waals surface area contributed by atoms with E-state index in [0.29, 0.717) is 0 Å². The third-order valence-electron chi connectivity index (χ3n) is 3.71. The molecule has 0 amide bonds. The Morgan fingerprint density at radius 3 is 1.00 bits per heavy atom. The van der Waals surface area contributed by atoms with Crippen molar-refractivity contribution in [3.63, 3.8) is 0 Å².